The SMILES string of the molecule is Cc1noc(-c2ccc(C#CC3(O)CN4CCC3CC4)cc2)n1. The number of aromatic nitrogens is 2. The second kappa shape index (κ2) is 5.48. The molecule has 0 radical (unpaired) electrons. The van der Waals surface area contributed by atoms with Gasteiger partial charge in [-0.1, -0.05) is 17.0 Å². The molecule has 5 heteroatoms. The number of hydrogen-bond donors (Lipinski definition) is 1. The van der Waals surface area contributed by atoms with Crippen molar-refractivity contribution in [2.24, 2.45) is 5.92 Å². The lowest BCUT2D eigenvalue weighted by atomic mass is 9.76. The summed E-state index contributed by atoms with van der Waals surface area (Å²) in [6.45, 7) is 4.64. The highest BCUT2D eigenvalue weighted by Gasteiger charge is 2.44. The molecule has 3 fully saturated rings. The van der Waals surface area contributed by atoms with E-state index >= 15 is 0 Å². The maximum absolute atomic E-state index is 10.8. The van der Waals surface area contributed by atoms with Gasteiger partial charge in [-0.2, -0.15) is 4.98 Å². The average Bonchev–Trinajstić information content (AvgIpc) is 3.01. The Morgan fingerprint density at radius 3 is 2.57 bits per heavy atom. The molecule has 4 heterocycles. The van der Waals surface area contributed by atoms with Gasteiger partial charge in [-0.15, -0.1) is 0 Å². The lowest BCUT2D eigenvalue weighted by Gasteiger charge is -2.47. The van der Waals surface area contributed by atoms with Gasteiger partial charge in [0.2, 0.25) is 0 Å². The summed E-state index contributed by atoms with van der Waals surface area (Å²) >= 11 is 0. The summed E-state index contributed by atoms with van der Waals surface area (Å²) < 4.78 is 5.15. The van der Waals surface area contributed by atoms with E-state index in [4.69, 9.17) is 4.52 Å². The fourth-order valence-electron chi connectivity index (χ4n) is 3.47. The summed E-state index contributed by atoms with van der Waals surface area (Å²) in [5, 5.41) is 14.6. The topological polar surface area (TPSA) is 62.4 Å². The van der Waals surface area contributed by atoms with Crippen LogP contribution in [-0.4, -0.2) is 45.4 Å². The third-order valence-electron chi connectivity index (χ3n) is 4.81. The van der Waals surface area contributed by atoms with Gasteiger partial charge >= 0.3 is 0 Å². The minimum Gasteiger partial charge on any atom is -0.376 e. The summed E-state index contributed by atoms with van der Waals surface area (Å²) in [4.78, 5) is 6.51. The van der Waals surface area contributed by atoms with E-state index in [2.05, 4.69) is 26.9 Å². The fourth-order valence-corrected chi connectivity index (χ4v) is 3.47. The van der Waals surface area contributed by atoms with Crippen LogP contribution < -0.4 is 0 Å². The minimum atomic E-state index is -0.862. The van der Waals surface area contributed by atoms with Gasteiger partial charge in [0.1, 0.15) is 5.60 Å². The molecule has 5 rings (SSSR count). The minimum absolute atomic E-state index is 0.306. The Labute approximate surface area is 135 Å². The van der Waals surface area contributed by atoms with Gasteiger partial charge in [0.15, 0.2) is 5.82 Å². The monoisotopic (exact) mass is 309 g/mol. The molecule has 1 aromatic heterocycles. The number of rotatable bonds is 1. The largest absolute Gasteiger partial charge is 0.376 e. The lowest BCUT2D eigenvalue weighted by Crippen LogP contribution is -2.58. The zero-order valence-corrected chi connectivity index (χ0v) is 13.1. The van der Waals surface area contributed by atoms with Gasteiger partial charge in [0.25, 0.3) is 5.89 Å². The van der Waals surface area contributed by atoms with Crippen LogP contribution in [0, 0.1) is 24.7 Å². The molecule has 1 atom stereocenters. The molecule has 3 aliphatic rings. The summed E-state index contributed by atoms with van der Waals surface area (Å²) in [5.74, 6) is 7.69. The van der Waals surface area contributed by atoms with Crippen LogP contribution in [0.4, 0.5) is 0 Å². The van der Waals surface area contributed by atoms with Crippen molar-refractivity contribution >= 4 is 0 Å². The normalized spacial score (nSPS) is 29.1. The Kier molecular flexibility index (Phi) is 3.44. The number of benzene rings is 1. The van der Waals surface area contributed by atoms with Crippen LogP contribution >= 0.6 is 0 Å². The van der Waals surface area contributed by atoms with Crippen molar-refractivity contribution in [3.8, 4) is 23.3 Å². The highest BCUT2D eigenvalue weighted by molar-refractivity contribution is 5.55. The van der Waals surface area contributed by atoms with Crippen LogP contribution in [0.25, 0.3) is 11.5 Å². The second-order valence-corrected chi connectivity index (χ2v) is 6.45. The van der Waals surface area contributed by atoms with Crippen LogP contribution in [0.1, 0.15) is 24.2 Å². The Hall–Kier alpha value is -2.16. The molecule has 0 spiro atoms. The molecule has 118 valence electrons. The fraction of sp³-hybridized carbons (Fsp3) is 0.444. The van der Waals surface area contributed by atoms with Gasteiger partial charge < -0.3 is 9.63 Å². The first-order valence-corrected chi connectivity index (χ1v) is 8.01. The molecule has 3 saturated heterocycles. The van der Waals surface area contributed by atoms with Gasteiger partial charge in [-0.05, 0) is 57.1 Å². The zero-order valence-electron chi connectivity index (χ0n) is 13.1. The Bertz CT molecular complexity index is 764. The van der Waals surface area contributed by atoms with E-state index in [1.54, 1.807) is 6.92 Å². The van der Waals surface area contributed by atoms with Crippen LogP contribution in [0.2, 0.25) is 0 Å². The van der Waals surface area contributed by atoms with Crippen LogP contribution in [-0.2, 0) is 0 Å². The Morgan fingerprint density at radius 1 is 1.26 bits per heavy atom. The first kappa shape index (κ1) is 14.4. The molecular weight excluding hydrogens is 290 g/mol. The molecule has 3 aliphatic heterocycles. The molecule has 2 bridgehead atoms. The third kappa shape index (κ3) is 2.76. The molecule has 5 nitrogen and oxygen atoms in total. The van der Waals surface area contributed by atoms with Crippen molar-refractivity contribution in [1.29, 1.82) is 0 Å². The van der Waals surface area contributed by atoms with Crippen molar-refractivity contribution in [1.82, 2.24) is 15.0 Å². The highest BCUT2D eigenvalue weighted by Crippen LogP contribution is 2.35. The third-order valence-corrected chi connectivity index (χ3v) is 4.81. The predicted molar refractivity (Wildman–Crippen MR) is 85.5 cm³/mol. The van der Waals surface area contributed by atoms with Crippen molar-refractivity contribution in [2.75, 3.05) is 19.6 Å². The van der Waals surface area contributed by atoms with E-state index in [0.29, 0.717) is 24.2 Å². The van der Waals surface area contributed by atoms with E-state index < -0.39 is 5.60 Å². The number of aryl methyl sites for hydroxylation is 1. The van der Waals surface area contributed by atoms with Crippen molar-refractivity contribution in [3.05, 3.63) is 35.7 Å². The van der Waals surface area contributed by atoms with E-state index in [-0.39, 0.29) is 0 Å². The van der Waals surface area contributed by atoms with E-state index in [1.807, 2.05) is 24.3 Å². The van der Waals surface area contributed by atoms with Gasteiger partial charge in [0.05, 0.1) is 0 Å². The van der Waals surface area contributed by atoms with Gasteiger partial charge in [-0.3, -0.25) is 4.90 Å². The maximum Gasteiger partial charge on any atom is 0.257 e. The molecule has 1 unspecified atom stereocenters. The van der Waals surface area contributed by atoms with Crippen molar-refractivity contribution < 1.29 is 9.63 Å². The van der Waals surface area contributed by atoms with Gasteiger partial charge in [0, 0.05) is 23.6 Å². The molecule has 2 aromatic rings. The quantitative estimate of drug-likeness (QED) is 0.815. The van der Waals surface area contributed by atoms with E-state index in [0.717, 1.165) is 37.1 Å². The predicted octanol–water partition coefficient (Wildman–Crippen LogP) is 1.85. The molecule has 1 aromatic carbocycles. The number of nitrogens with zero attached hydrogens (tertiary/aromatic N) is 3. The van der Waals surface area contributed by atoms with Crippen molar-refractivity contribution in [2.45, 2.75) is 25.4 Å². The number of piperidine rings is 3. The lowest BCUT2D eigenvalue weighted by molar-refractivity contribution is -0.0713. The summed E-state index contributed by atoms with van der Waals surface area (Å²) in [6, 6.07) is 7.67. The Balaban J connectivity index is 1.54. The smallest absolute Gasteiger partial charge is 0.257 e. The second-order valence-electron chi connectivity index (χ2n) is 6.45. The first-order chi connectivity index (χ1) is 11.1. The number of hydrogen-bond acceptors (Lipinski definition) is 5. The van der Waals surface area contributed by atoms with Crippen LogP contribution in [0.5, 0.6) is 0 Å². The average molecular weight is 309 g/mol. The standard InChI is InChI=1S/C18H19N3O2/c1-13-19-17(23-20-13)15-4-2-14(3-5-15)6-9-18(22)12-21-10-7-16(18)8-11-21/h2-5,16,22H,7-8,10-12H2,1H3. The zero-order chi connectivity index (χ0) is 15.9. The highest BCUT2D eigenvalue weighted by atomic mass is 16.5. The van der Waals surface area contributed by atoms with Crippen LogP contribution in [0.3, 0.4) is 0 Å². The summed E-state index contributed by atoms with van der Waals surface area (Å²) in [7, 11) is 0. The van der Waals surface area contributed by atoms with Crippen LogP contribution in [0.15, 0.2) is 28.8 Å². The summed E-state index contributed by atoms with van der Waals surface area (Å²) in [6.07, 6.45) is 2.08. The maximum atomic E-state index is 10.8. The van der Waals surface area contributed by atoms with E-state index in [1.165, 1.54) is 0 Å². The molecule has 23 heavy (non-hydrogen) atoms. The van der Waals surface area contributed by atoms with E-state index in [9.17, 15) is 5.11 Å². The number of fused-ring (bicyclic) bond motifs is 3. The molecule has 1 N–H and O–H groups in total. The first-order valence-electron chi connectivity index (χ1n) is 8.01. The van der Waals surface area contributed by atoms with Crippen molar-refractivity contribution in [3.63, 3.8) is 0 Å². The van der Waals surface area contributed by atoms with Gasteiger partial charge in [-0.25, -0.2) is 0 Å². The molecule has 0 amide bonds. The summed E-state index contributed by atoms with van der Waals surface area (Å²) in [5.41, 5.74) is 0.895. The number of aliphatic hydroxyl groups is 1. The Morgan fingerprint density at radius 2 is 2.00 bits per heavy atom. The molecule has 0 saturated carbocycles. The molecule has 0 aliphatic carbocycles. The molecular formula is C18H19N3O2.